The molecule has 0 aromatic rings. The maximum atomic E-state index is 11.3. The summed E-state index contributed by atoms with van der Waals surface area (Å²) >= 11 is 0. The van der Waals surface area contributed by atoms with Gasteiger partial charge in [-0.3, -0.25) is 14.5 Å². The van der Waals surface area contributed by atoms with E-state index >= 15 is 0 Å². The second kappa shape index (κ2) is 7.59. The molecule has 0 radical (unpaired) electrons. The summed E-state index contributed by atoms with van der Waals surface area (Å²) in [6.45, 7) is 6.86. The largest absolute Gasteiger partial charge is 0.480 e. The molecule has 0 saturated carbocycles. The second-order valence-corrected chi connectivity index (χ2v) is 5.84. The number of aliphatic carboxylic acids is 1. The third-order valence-corrected chi connectivity index (χ3v) is 3.99. The van der Waals surface area contributed by atoms with E-state index in [1.165, 1.54) is 6.92 Å². The minimum atomic E-state index is -0.805. The summed E-state index contributed by atoms with van der Waals surface area (Å²) in [6.07, 6.45) is 2.47. The maximum absolute atomic E-state index is 11.3. The van der Waals surface area contributed by atoms with Crippen LogP contribution in [0.2, 0.25) is 0 Å². The van der Waals surface area contributed by atoms with Crippen LogP contribution in [0.1, 0.15) is 40.0 Å². The fourth-order valence-corrected chi connectivity index (χ4v) is 3.01. The van der Waals surface area contributed by atoms with Crippen LogP contribution in [-0.4, -0.2) is 53.1 Å². The number of carbonyl (C=O) groups excluding carboxylic acids is 1. The van der Waals surface area contributed by atoms with Crippen molar-refractivity contribution in [2.45, 2.75) is 58.2 Å². The number of nitrogens with one attached hydrogen (secondary N) is 1. The van der Waals surface area contributed by atoms with Crippen molar-refractivity contribution >= 4 is 11.9 Å². The zero-order valence-corrected chi connectivity index (χ0v) is 12.6. The van der Waals surface area contributed by atoms with Crippen LogP contribution in [0.4, 0.5) is 0 Å². The smallest absolute Gasteiger partial charge is 0.320 e. The third kappa shape index (κ3) is 4.76. The molecule has 4 atom stereocenters. The fraction of sp³-hybridized carbons (Fsp3) is 0.857. The van der Waals surface area contributed by atoms with E-state index in [-0.39, 0.29) is 23.9 Å². The number of rotatable bonds is 7. The summed E-state index contributed by atoms with van der Waals surface area (Å²) < 4.78 is 0. The molecule has 0 aromatic carbocycles. The molecular formula is C14H27N3O3. The van der Waals surface area contributed by atoms with Gasteiger partial charge in [0.05, 0.1) is 0 Å². The van der Waals surface area contributed by atoms with Crippen molar-refractivity contribution < 1.29 is 14.7 Å². The Morgan fingerprint density at radius 1 is 1.50 bits per heavy atom. The van der Waals surface area contributed by atoms with Crippen LogP contribution in [0.3, 0.4) is 0 Å². The molecule has 1 amide bonds. The van der Waals surface area contributed by atoms with Gasteiger partial charge in [-0.2, -0.15) is 0 Å². The Morgan fingerprint density at radius 2 is 2.15 bits per heavy atom. The summed E-state index contributed by atoms with van der Waals surface area (Å²) in [7, 11) is 0. The highest BCUT2D eigenvalue weighted by Crippen LogP contribution is 2.22. The van der Waals surface area contributed by atoms with Crippen molar-refractivity contribution in [3.8, 4) is 0 Å². The molecule has 6 heteroatoms. The van der Waals surface area contributed by atoms with Gasteiger partial charge >= 0.3 is 5.97 Å². The molecule has 4 unspecified atom stereocenters. The van der Waals surface area contributed by atoms with Gasteiger partial charge in [0.15, 0.2) is 0 Å². The average molecular weight is 285 g/mol. The zero-order chi connectivity index (χ0) is 15.3. The Labute approximate surface area is 120 Å². The van der Waals surface area contributed by atoms with Gasteiger partial charge in [-0.15, -0.1) is 0 Å². The molecule has 0 aromatic heterocycles. The molecule has 1 fully saturated rings. The van der Waals surface area contributed by atoms with Crippen LogP contribution in [0, 0.1) is 5.92 Å². The zero-order valence-electron chi connectivity index (χ0n) is 12.6. The van der Waals surface area contributed by atoms with Crippen molar-refractivity contribution in [3.05, 3.63) is 0 Å². The van der Waals surface area contributed by atoms with E-state index in [0.717, 1.165) is 12.8 Å². The summed E-state index contributed by atoms with van der Waals surface area (Å²) in [5.41, 5.74) is 5.89. The Balaban J connectivity index is 2.68. The van der Waals surface area contributed by atoms with E-state index in [1.54, 1.807) is 0 Å². The molecule has 4 N–H and O–H groups in total. The average Bonchev–Trinajstić information content (AvgIpc) is 2.69. The first kappa shape index (κ1) is 16.9. The lowest BCUT2D eigenvalue weighted by Gasteiger charge is -2.30. The van der Waals surface area contributed by atoms with Crippen molar-refractivity contribution in [2.24, 2.45) is 11.7 Å². The first-order chi connectivity index (χ1) is 9.35. The fourth-order valence-electron chi connectivity index (χ4n) is 3.01. The van der Waals surface area contributed by atoms with Crippen LogP contribution in [0.25, 0.3) is 0 Å². The summed E-state index contributed by atoms with van der Waals surface area (Å²) in [5, 5.41) is 12.2. The second-order valence-electron chi connectivity index (χ2n) is 5.84. The van der Waals surface area contributed by atoms with E-state index in [0.29, 0.717) is 19.5 Å². The van der Waals surface area contributed by atoms with Gasteiger partial charge in [0, 0.05) is 32.1 Å². The minimum Gasteiger partial charge on any atom is -0.480 e. The van der Waals surface area contributed by atoms with Crippen molar-refractivity contribution in [2.75, 3.05) is 13.1 Å². The van der Waals surface area contributed by atoms with E-state index < -0.39 is 12.0 Å². The summed E-state index contributed by atoms with van der Waals surface area (Å²) in [6, 6.07) is -0.526. The molecule has 20 heavy (non-hydrogen) atoms. The minimum absolute atomic E-state index is 0.0405. The Morgan fingerprint density at radius 3 is 2.65 bits per heavy atom. The lowest BCUT2D eigenvalue weighted by molar-refractivity contribution is -0.142. The topological polar surface area (TPSA) is 95.7 Å². The molecule has 1 heterocycles. The van der Waals surface area contributed by atoms with Gasteiger partial charge in [0.1, 0.15) is 6.04 Å². The van der Waals surface area contributed by atoms with Crippen LogP contribution < -0.4 is 11.1 Å². The van der Waals surface area contributed by atoms with E-state index in [2.05, 4.69) is 12.2 Å². The quantitative estimate of drug-likeness (QED) is 0.630. The molecule has 0 aliphatic carbocycles. The first-order valence-corrected chi connectivity index (χ1v) is 7.34. The monoisotopic (exact) mass is 285 g/mol. The van der Waals surface area contributed by atoms with Crippen LogP contribution >= 0.6 is 0 Å². The number of carboxylic acid groups (broad SMARTS) is 1. The number of amides is 1. The molecule has 6 nitrogen and oxygen atoms in total. The Bertz CT molecular complexity index is 349. The number of hydrogen-bond acceptors (Lipinski definition) is 4. The highest BCUT2D eigenvalue weighted by atomic mass is 16.4. The SMILES string of the molecule is CCCC(CN1CC(N)CC1C(=O)O)C(C)NC(C)=O. The first-order valence-electron chi connectivity index (χ1n) is 7.34. The molecule has 0 bridgehead atoms. The van der Waals surface area contributed by atoms with Crippen molar-refractivity contribution in [1.29, 1.82) is 0 Å². The number of carbonyl (C=O) groups is 2. The molecule has 1 rings (SSSR count). The molecule has 1 saturated heterocycles. The van der Waals surface area contributed by atoms with Gasteiger partial charge < -0.3 is 16.2 Å². The molecule has 116 valence electrons. The normalized spacial score (nSPS) is 26.2. The Kier molecular flexibility index (Phi) is 6.42. The maximum Gasteiger partial charge on any atom is 0.320 e. The molecule has 1 aliphatic heterocycles. The number of nitrogens with two attached hydrogens (primary N) is 1. The van der Waals surface area contributed by atoms with Gasteiger partial charge in [-0.1, -0.05) is 13.3 Å². The molecule has 1 aliphatic rings. The lowest BCUT2D eigenvalue weighted by Crippen LogP contribution is -2.45. The number of nitrogens with zero attached hydrogens (tertiary/aromatic N) is 1. The Hall–Kier alpha value is -1.14. The van der Waals surface area contributed by atoms with Crippen molar-refractivity contribution in [3.63, 3.8) is 0 Å². The van der Waals surface area contributed by atoms with Crippen molar-refractivity contribution in [1.82, 2.24) is 10.2 Å². The van der Waals surface area contributed by atoms with Gasteiger partial charge in [0.2, 0.25) is 5.91 Å². The van der Waals surface area contributed by atoms with E-state index in [4.69, 9.17) is 5.73 Å². The summed E-state index contributed by atoms with van der Waals surface area (Å²) in [4.78, 5) is 24.4. The van der Waals surface area contributed by atoms with Crippen LogP contribution in [0.15, 0.2) is 0 Å². The summed E-state index contributed by atoms with van der Waals surface area (Å²) in [5.74, 6) is -0.608. The number of likely N-dealkylation sites (tertiary alicyclic amines) is 1. The number of hydrogen-bond donors (Lipinski definition) is 3. The van der Waals surface area contributed by atoms with Crippen LogP contribution in [-0.2, 0) is 9.59 Å². The standard InChI is InChI=1S/C14H27N3O3/c1-4-5-11(9(2)16-10(3)18)7-17-8-12(15)6-13(17)14(19)20/h9,11-13H,4-8,15H2,1-3H3,(H,16,18)(H,19,20). The predicted molar refractivity (Wildman–Crippen MR) is 77.3 cm³/mol. The van der Waals surface area contributed by atoms with E-state index in [1.807, 2.05) is 11.8 Å². The highest BCUT2D eigenvalue weighted by molar-refractivity contribution is 5.74. The van der Waals surface area contributed by atoms with Gasteiger partial charge in [-0.05, 0) is 25.7 Å². The van der Waals surface area contributed by atoms with Gasteiger partial charge in [0.25, 0.3) is 0 Å². The lowest BCUT2D eigenvalue weighted by atomic mass is 9.95. The highest BCUT2D eigenvalue weighted by Gasteiger charge is 2.36. The van der Waals surface area contributed by atoms with E-state index in [9.17, 15) is 14.7 Å². The van der Waals surface area contributed by atoms with Crippen LogP contribution in [0.5, 0.6) is 0 Å². The number of carboxylic acids is 1. The molecular weight excluding hydrogens is 258 g/mol. The predicted octanol–water partition coefficient (Wildman–Crippen LogP) is 0.414. The molecule has 0 spiro atoms. The third-order valence-electron chi connectivity index (χ3n) is 3.99. The van der Waals surface area contributed by atoms with Gasteiger partial charge in [-0.25, -0.2) is 0 Å².